The molecule has 2 nitrogen and oxygen atoms in total. The van der Waals surface area contributed by atoms with Gasteiger partial charge in [-0.05, 0) is 168 Å². The first-order valence-corrected chi connectivity index (χ1v) is 27.0. The molecule has 0 radical (unpaired) electrons. The van der Waals surface area contributed by atoms with Crippen molar-refractivity contribution in [3.05, 3.63) is 338 Å². The molecule has 0 aliphatic heterocycles. The van der Waals surface area contributed by atoms with E-state index in [1.807, 2.05) is 0 Å². The van der Waals surface area contributed by atoms with Gasteiger partial charge in [0.25, 0.3) is 0 Å². The van der Waals surface area contributed by atoms with Crippen LogP contribution < -0.4 is 9.80 Å². The molecular formula is C76H54N2. The molecular weight excluding hydrogens is 941 g/mol. The minimum Gasteiger partial charge on any atom is -0.311 e. The van der Waals surface area contributed by atoms with Gasteiger partial charge in [-0.2, -0.15) is 0 Å². The van der Waals surface area contributed by atoms with Crippen LogP contribution in [0.3, 0.4) is 0 Å². The first-order valence-electron chi connectivity index (χ1n) is 27.0. The van der Waals surface area contributed by atoms with Gasteiger partial charge in [0.15, 0.2) is 0 Å². The monoisotopic (exact) mass is 994 g/mol. The van der Waals surface area contributed by atoms with Crippen molar-refractivity contribution >= 4 is 55.7 Å². The van der Waals surface area contributed by atoms with Crippen LogP contribution in [0.5, 0.6) is 0 Å². The number of nitrogens with zero attached hydrogens (tertiary/aromatic N) is 2. The molecule has 0 bridgehead atoms. The molecule has 13 aromatic rings. The van der Waals surface area contributed by atoms with Gasteiger partial charge in [-0.25, -0.2) is 0 Å². The Morgan fingerprint density at radius 2 is 0.500 bits per heavy atom. The smallest absolute Gasteiger partial charge is 0.0498 e. The highest BCUT2D eigenvalue weighted by molar-refractivity contribution is 6.13. The fourth-order valence-corrected chi connectivity index (χ4v) is 12.2. The van der Waals surface area contributed by atoms with Gasteiger partial charge in [0.1, 0.15) is 0 Å². The molecule has 0 saturated heterocycles. The SMILES string of the molecule is c1ccc(-c2ccc(N(c3ccc(-c4ccccc4)cc3)c3ccc(C4(c5ccc(N(c6ccc(-c7ccccc7)cc6)c6ccc(-c7ccccc7)cc6)cc5)Cc5cccc6ccc7cccc4c7c56)cc3)cc2)cc1. The van der Waals surface area contributed by atoms with Crippen molar-refractivity contribution in [1.82, 2.24) is 0 Å². The summed E-state index contributed by atoms with van der Waals surface area (Å²) in [4.78, 5) is 4.78. The van der Waals surface area contributed by atoms with Gasteiger partial charge >= 0.3 is 0 Å². The van der Waals surface area contributed by atoms with E-state index in [2.05, 4.69) is 325 Å². The number of hydrogen-bond acceptors (Lipinski definition) is 2. The van der Waals surface area contributed by atoms with Crippen LogP contribution in [0, 0.1) is 0 Å². The minimum atomic E-state index is -0.516. The van der Waals surface area contributed by atoms with Crippen LogP contribution in [0.25, 0.3) is 66.1 Å². The van der Waals surface area contributed by atoms with Crippen LogP contribution in [0.15, 0.2) is 315 Å². The Bertz CT molecular complexity index is 3820. The minimum absolute atomic E-state index is 0.516. The summed E-state index contributed by atoms with van der Waals surface area (Å²) in [5.74, 6) is 0. The molecule has 0 saturated carbocycles. The Morgan fingerprint density at radius 3 is 0.833 bits per heavy atom. The van der Waals surface area contributed by atoms with Gasteiger partial charge < -0.3 is 9.80 Å². The van der Waals surface area contributed by atoms with Crippen molar-refractivity contribution in [1.29, 1.82) is 0 Å². The van der Waals surface area contributed by atoms with E-state index in [9.17, 15) is 0 Å². The summed E-state index contributed by atoms with van der Waals surface area (Å²) < 4.78 is 0. The molecule has 0 heterocycles. The maximum atomic E-state index is 2.40. The van der Waals surface area contributed by atoms with E-state index in [0.717, 1.165) is 40.5 Å². The molecule has 0 atom stereocenters. The standard InChI is InChI=1S/C76H54N2/c1-5-15-54(16-6-1)58-29-41-67(42-30-58)77(68-43-31-59(32-44-68)55-17-7-2-8-18-55)71-49-37-65(38-50-71)76(53-64-25-13-23-62-27-28-63-24-14-26-73(76)75(63)74(62)64)66-39-51-72(52-40-66)78(69-45-33-60(34-46-69)56-19-9-3-10-20-56)70-47-35-61(36-48-70)57-21-11-4-12-22-57/h1-52H,53H2. The zero-order chi connectivity index (χ0) is 51.8. The van der Waals surface area contributed by atoms with Gasteiger partial charge in [0.2, 0.25) is 0 Å². The largest absolute Gasteiger partial charge is 0.311 e. The van der Waals surface area contributed by atoms with Crippen molar-refractivity contribution in [2.75, 3.05) is 9.80 Å². The maximum absolute atomic E-state index is 2.40. The highest BCUT2D eigenvalue weighted by atomic mass is 15.1. The lowest BCUT2D eigenvalue weighted by atomic mass is 9.62. The average Bonchev–Trinajstić information content (AvgIpc) is 3.69. The van der Waals surface area contributed by atoms with E-state index in [0.29, 0.717) is 0 Å². The third-order valence-corrected chi connectivity index (χ3v) is 16.1. The van der Waals surface area contributed by atoms with E-state index < -0.39 is 5.41 Å². The Balaban J connectivity index is 0.901. The summed E-state index contributed by atoms with van der Waals surface area (Å²) in [5, 5.41) is 5.24. The van der Waals surface area contributed by atoms with Crippen molar-refractivity contribution in [3.8, 4) is 44.5 Å². The Labute approximate surface area is 457 Å². The first-order chi connectivity index (χ1) is 38.6. The molecule has 1 aliphatic carbocycles. The Morgan fingerprint density at radius 1 is 0.218 bits per heavy atom. The van der Waals surface area contributed by atoms with Crippen molar-refractivity contribution < 1.29 is 0 Å². The third-order valence-electron chi connectivity index (χ3n) is 16.1. The van der Waals surface area contributed by atoms with Gasteiger partial charge in [-0.15, -0.1) is 0 Å². The van der Waals surface area contributed by atoms with Crippen LogP contribution >= 0.6 is 0 Å². The lowest BCUT2D eigenvalue weighted by Gasteiger charge is -2.41. The molecule has 0 aromatic heterocycles. The zero-order valence-electron chi connectivity index (χ0n) is 43.1. The van der Waals surface area contributed by atoms with Gasteiger partial charge in [-0.3, -0.25) is 0 Å². The van der Waals surface area contributed by atoms with Crippen molar-refractivity contribution in [2.45, 2.75) is 11.8 Å². The van der Waals surface area contributed by atoms with E-state index in [1.54, 1.807) is 0 Å². The molecule has 0 fully saturated rings. The van der Waals surface area contributed by atoms with Gasteiger partial charge in [-0.1, -0.05) is 243 Å². The van der Waals surface area contributed by atoms with E-state index in [-0.39, 0.29) is 0 Å². The van der Waals surface area contributed by atoms with Gasteiger partial charge in [0.05, 0.1) is 0 Å². The summed E-state index contributed by atoms with van der Waals surface area (Å²) in [6, 6.07) is 116. The van der Waals surface area contributed by atoms with E-state index >= 15 is 0 Å². The number of rotatable bonds is 12. The van der Waals surface area contributed by atoms with E-state index in [1.165, 1.54) is 88.3 Å². The molecule has 2 heteroatoms. The third kappa shape index (κ3) is 8.41. The summed E-state index contributed by atoms with van der Waals surface area (Å²) >= 11 is 0. The normalized spacial score (nSPS) is 12.4. The molecule has 0 unspecified atom stereocenters. The second kappa shape index (κ2) is 19.9. The van der Waals surface area contributed by atoms with Crippen LogP contribution in [-0.4, -0.2) is 0 Å². The average molecular weight is 995 g/mol. The topological polar surface area (TPSA) is 6.48 Å². The molecule has 1 aliphatic rings. The highest BCUT2D eigenvalue weighted by Gasteiger charge is 2.41. The lowest BCUT2D eigenvalue weighted by molar-refractivity contribution is 0.616. The molecule has 0 amide bonds. The fourth-order valence-electron chi connectivity index (χ4n) is 12.2. The summed E-state index contributed by atoms with van der Waals surface area (Å²) in [7, 11) is 0. The molecule has 0 spiro atoms. The molecule has 13 aromatic carbocycles. The van der Waals surface area contributed by atoms with Crippen molar-refractivity contribution in [3.63, 3.8) is 0 Å². The Kier molecular flexibility index (Phi) is 11.9. The zero-order valence-corrected chi connectivity index (χ0v) is 43.1. The first kappa shape index (κ1) is 46.5. The summed E-state index contributed by atoms with van der Waals surface area (Å²) in [6.45, 7) is 0. The quantitative estimate of drug-likeness (QED) is 0.113. The van der Waals surface area contributed by atoms with Gasteiger partial charge in [0, 0.05) is 39.5 Å². The second-order valence-corrected chi connectivity index (χ2v) is 20.5. The summed E-state index contributed by atoms with van der Waals surface area (Å²) in [6.07, 6.45) is 0.816. The number of anilines is 6. The van der Waals surface area contributed by atoms with Crippen LogP contribution in [0.2, 0.25) is 0 Å². The Hall–Kier alpha value is -10.0. The molecule has 368 valence electrons. The van der Waals surface area contributed by atoms with Crippen molar-refractivity contribution in [2.24, 2.45) is 0 Å². The van der Waals surface area contributed by atoms with E-state index in [4.69, 9.17) is 0 Å². The molecule has 0 N–H and O–H groups in total. The second-order valence-electron chi connectivity index (χ2n) is 20.5. The lowest BCUT2D eigenvalue weighted by Crippen LogP contribution is -2.34. The van der Waals surface area contributed by atoms with Crippen LogP contribution in [-0.2, 0) is 11.8 Å². The number of benzene rings is 13. The molecule has 78 heavy (non-hydrogen) atoms. The van der Waals surface area contributed by atoms with Crippen LogP contribution in [0.4, 0.5) is 34.1 Å². The predicted octanol–water partition coefficient (Wildman–Crippen LogP) is 20.5. The fraction of sp³-hybridized carbons (Fsp3) is 0.0263. The van der Waals surface area contributed by atoms with Crippen LogP contribution in [0.1, 0.15) is 22.3 Å². The highest BCUT2D eigenvalue weighted by Crippen LogP contribution is 2.52. The predicted molar refractivity (Wildman–Crippen MR) is 329 cm³/mol. The number of hydrogen-bond donors (Lipinski definition) is 0. The molecule has 14 rings (SSSR count). The maximum Gasteiger partial charge on any atom is 0.0498 e. The summed E-state index contributed by atoms with van der Waals surface area (Å²) in [5.41, 5.74) is 20.8.